The summed E-state index contributed by atoms with van der Waals surface area (Å²) in [6, 6.07) is 13.9. The van der Waals surface area contributed by atoms with Crippen molar-refractivity contribution in [2.45, 2.75) is 59.5 Å². The Kier molecular flexibility index (Phi) is 10.7. The molecule has 2 atom stereocenters. The lowest BCUT2D eigenvalue weighted by atomic mass is 9.88. The molecule has 1 aliphatic rings. The van der Waals surface area contributed by atoms with Crippen molar-refractivity contribution in [2.24, 2.45) is 11.0 Å². The topological polar surface area (TPSA) is 115 Å². The molecule has 0 radical (unpaired) electrons. The SMILES string of the molecule is CCCOc1ccc(/C=N\NC(=O)[C@H](C)Oc2ccc(C(=O)Nc3sc4c(c3C(=O)OCC)CC[C@@H](C)C4)cc2)cc1. The lowest BCUT2D eigenvalue weighted by Gasteiger charge is -2.18. The number of nitrogens with one attached hydrogen (secondary N) is 2. The zero-order valence-electron chi connectivity index (χ0n) is 24.4. The summed E-state index contributed by atoms with van der Waals surface area (Å²) in [6.07, 6.45) is 4.33. The maximum absolute atomic E-state index is 13.1. The van der Waals surface area contributed by atoms with Gasteiger partial charge in [-0.1, -0.05) is 13.8 Å². The number of ether oxygens (including phenoxy) is 3. The van der Waals surface area contributed by atoms with Gasteiger partial charge in [0.25, 0.3) is 11.8 Å². The molecule has 0 saturated heterocycles. The van der Waals surface area contributed by atoms with Crippen LogP contribution in [0.3, 0.4) is 0 Å². The van der Waals surface area contributed by atoms with Crippen LogP contribution in [0.4, 0.5) is 5.00 Å². The van der Waals surface area contributed by atoms with Gasteiger partial charge < -0.3 is 19.5 Å². The molecule has 1 heterocycles. The number of anilines is 1. The number of carbonyl (C=O) groups excluding carboxylic acids is 3. The van der Waals surface area contributed by atoms with Crippen LogP contribution in [-0.4, -0.2) is 43.3 Å². The van der Waals surface area contributed by atoms with Gasteiger partial charge in [-0.3, -0.25) is 9.59 Å². The monoisotopic (exact) mass is 591 g/mol. The van der Waals surface area contributed by atoms with Crippen LogP contribution >= 0.6 is 11.3 Å². The molecular formula is C32H37N3O6S. The fourth-order valence-electron chi connectivity index (χ4n) is 4.51. The quantitative estimate of drug-likeness (QED) is 0.151. The summed E-state index contributed by atoms with van der Waals surface area (Å²) in [5.41, 5.74) is 5.14. The van der Waals surface area contributed by atoms with E-state index in [1.807, 2.05) is 31.2 Å². The normalized spacial score (nSPS) is 15.0. The standard InChI is InChI=1S/C32H37N3O6S/c1-5-17-40-24-12-8-22(9-13-24)19-33-35-29(36)21(4)41-25-14-10-23(11-15-25)30(37)34-31-28(32(38)39-6-2)26-16-7-20(3)18-27(26)42-31/h8-15,19-21H,5-7,16-18H2,1-4H3,(H,34,37)(H,35,36)/b33-19-/t20-,21+/m1/s1. The van der Waals surface area contributed by atoms with Gasteiger partial charge in [0.1, 0.15) is 16.5 Å². The van der Waals surface area contributed by atoms with Gasteiger partial charge in [-0.25, -0.2) is 10.2 Å². The van der Waals surface area contributed by atoms with Crippen molar-refractivity contribution in [2.75, 3.05) is 18.5 Å². The van der Waals surface area contributed by atoms with Gasteiger partial charge in [0.2, 0.25) is 0 Å². The minimum atomic E-state index is -0.821. The molecule has 2 amide bonds. The van der Waals surface area contributed by atoms with Gasteiger partial charge >= 0.3 is 5.97 Å². The molecule has 1 aromatic heterocycles. The maximum Gasteiger partial charge on any atom is 0.341 e. The summed E-state index contributed by atoms with van der Waals surface area (Å²) in [5.74, 6) is 0.567. The Hall–Kier alpha value is -4.18. The molecule has 10 heteroatoms. The number of hydrogen-bond donors (Lipinski definition) is 2. The molecule has 3 aromatic rings. The van der Waals surface area contributed by atoms with E-state index in [2.05, 4.69) is 22.8 Å². The molecule has 1 aliphatic carbocycles. The summed E-state index contributed by atoms with van der Waals surface area (Å²) in [5, 5.41) is 7.44. The van der Waals surface area contributed by atoms with Crippen LogP contribution < -0.4 is 20.2 Å². The first-order valence-electron chi connectivity index (χ1n) is 14.2. The third-order valence-corrected chi connectivity index (χ3v) is 7.93. The molecule has 42 heavy (non-hydrogen) atoms. The highest BCUT2D eigenvalue weighted by atomic mass is 32.1. The molecule has 2 N–H and O–H groups in total. The highest BCUT2D eigenvalue weighted by Crippen LogP contribution is 2.40. The van der Waals surface area contributed by atoms with Crippen LogP contribution in [0.2, 0.25) is 0 Å². The summed E-state index contributed by atoms with van der Waals surface area (Å²) < 4.78 is 16.6. The number of esters is 1. The Bertz CT molecular complexity index is 1420. The zero-order valence-corrected chi connectivity index (χ0v) is 25.2. The van der Waals surface area contributed by atoms with E-state index in [4.69, 9.17) is 14.2 Å². The number of amides is 2. The maximum atomic E-state index is 13.1. The highest BCUT2D eigenvalue weighted by molar-refractivity contribution is 7.17. The molecule has 2 aromatic carbocycles. The van der Waals surface area contributed by atoms with Crippen molar-refractivity contribution in [3.05, 3.63) is 75.7 Å². The summed E-state index contributed by atoms with van der Waals surface area (Å²) in [4.78, 5) is 39.4. The first-order valence-corrected chi connectivity index (χ1v) is 15.1. The van der Waals surface area contributed by atoms with Crippen molar-refractivity contribution >= 4 is 40.3 Å². The largest absolute Gasteiger partial charge is 0.494 e. The second-order valence-electron chi connectivity index (χ2n) is 10.2. The Morgan fingerprint density at radius 2 is 1.79 bits per heavy atom. The summed E-state index contributed by atoms with van der Waals surface area (Å²) >= 11 is 1.45. The number of benzene rings is 2. The van der Waals surface area contributed by atoms with E-state index in [0.29, 0.717) is 34.4 Å². The van der Waals surface area contributed by atoms with Gasteiger partial charge in [-0.15, -0.1) is 11.3 Å². The van der Waals surface area contributed by atoms with Gasteiger partial charge in [0, 0.05) is 10.4 Å². The summed E-state index contributed by atoms with van der Waals surface area (Å²) in [6.45, 7) is 8.54. The average molecular weight is 592 g/mol. The van der Waals surface area contributed by atoms with Gasteiger partial charge in [-0.2, -0.15) is 5.10 Å². The minimum absolute atomic E-state index is 0.264. The van der Waals surface area contributed by atoms with Crippen LogP contribution in [0.5, 0.6) is 11.5 Å². The van der Waals surface area contributed by atoms with Crippen LogP contribution in [0, 0.1) is 5.92 Å². The van der Waals surface area contributed by atoms with E-state index in [-0.39, 0.29) is 12.5 Å². The fourth-order valence-corrected chi connectivity index (χ4v) is 5.90. The van der Waals surface area contributed by atoms with E-state index in [1.165, 1.54) is 11.3 Å². The predicted molar refractivity (Wildman–Crippen MR) is 164 cm³/mol. The number of carbonyl (C=O) groups is 3. The van der Waals surface area contributed by atoms with Crippen LogP contribution in [0.25, 0.3) is 0 Å². The number of fused-ring (bicyclic) bond motifs is 1. The molecule has 4 rings (SSSR count). The van der Waals surface area contributed by atoms with Gasteiger partial charge in [-0.05, 0) is 105 Å². The number of rotatable bonds is 12. The van der Waals surface area contributed by atoms with Gasteiger partial charge in [0.05, 0.1) is 25.0 Å². The number of hydrazone groups is 1. The molecule has 0 saturated carbocycles. The fraction of sp³-hybridized carbons (Fsp3) is 0.375. The smallest absolute Gasteiger partial charge is 0.341 e. The Morgan fingerprint density at radius 1 is 1.07 bits per heavy atom. The molecule has 0 spiro atoms. The van der Waals surface area contributed by atoms with E-state index in [9.17, 15) is 14.4 Å². The Morgan fingerprint density at radius 3 is 2.48 bits per heavy atom. The van der Waals surface area contributed by atoms with Crippen molar-refractivity contribution in [3.8, 4) is 11.5 Å². The lowest BCUT2D eigenvalue weighted by molar-refractivity contribution is -0.127. The highest BCUT2D eigenvalue weighted by Gasteiger charge is 2.29. The number of nitrogens with zero attached hydrogens (tertiary/aromatic N) is 1. The molecule has 0 bridgehead atoms. The lowest BCUT2D eigenvalue weighted by Crippen LogP contribution is -2.33. The van der Waals surface area contributed by atoms with E-state index in [1.54, 1.807) is 44.3 Å². The molecule has 9 nitrogen and oxygen atoms in total. The predicted octanol–water partition coefficient (Wildman–Crippen LogP) is 6.01. The van der Waals surface area contributed by atoms with Crippen molar-refractivity contribution < 1.29 is 28.6 Å². The van der Waals surface area contributed by atoms with Crippen LogP contribution in [0.15, 0.2) is 53.6 Å². The Balaban J connectivity index is 1.33. The van der Waals surface area contributed by atoms with Crippen molar-refractivity contribution in [1.29, 1.82) is 0 Å². The van der Waals surface area contributed by atoms with Crippen molar-refractivity contribution in [3.63, 3.8) is 0 Å². The summed E-state index contributed by atoms with van der Waals surface area (Å²) in [7, 11) is 0. The van der Waals surface area contributed by atoms with Crippen molar-refractivity contribution in [1.82, 2.24) is 5.43 Å². The second-order valence-corrected chi connectivity index (χ2v) is 11.3. The van der Waals surface area contributed by atoms with Gasteiger partial charge in [0.15, 0.2) is 6.10 Å². The zero-order chi connectivity index (χ0) is 30.1. The van der Waals surface area contributed by atoms with Crippen LogP contribution in [0.1, 0.15) is 77.3 Å². The van der Waals surface area contributed by atoms with E-state index >= 15 is 0 Å². The molecular weight excluding hydrogens is 554 g/mol. The van der Waals surface area contributed by atoms with Crippen LogP contribution in [-0.2, 0) is 22.4 Å². The molecule has 0 unspecified atom stereocenters. The minimum Gasteiger partial charge on any atom is -0.494 e. The number of hydrogen-bond acceptors (Lipinski definition) is 8. The molecule has 222 valence electrons. The first kappa shape index (κ1) is 30.8. The van der Waals surface area contributed by atoms with E-state index < -0.39 is 18.0 Å². The third kappa shape index (κ3) is 7.97. The average Bonchev–Trinajstić information content (AvgIpc) is 3.33. The molecule has 0 aliphatic heterocycles. The first-order chi connectivity index (χ1) is 20.3. The Labute approximate surface area is 250 Å². The second kappa shape index (κ2) is 14.6. The third-order valence-electron chi connectivity index (χ3n) is 6.76. The molecule has 0 fully saturated rings. The number of thiophene rings is 1. The van der Waals surface area contributed by atoms with E-state index in [0.717, 1.165) is 47.4 Å².